The Morgan fingerprint density at radius 2 is 1.75 bits per heavy atom. The molecule has 0 bridgehead atoms. The molecule has 1 atom stereocenters. The van der Waals surface area contributed by atoms with Crippen LogP contribution in [0, 0.1) is 0 Å². The van der Waals surface area contributed by atoms with Crippen molar-refractivity contribution in [3.8, 4) is 0 Å². The second-order valence-corrected chi connectivity index (χ2v) is 5.10. The van der Waals surface area contributed by atoms with Crippen LogP contribution in [0.5, 0.6) is 0 Å². The number of hydrogen-bond acceptors (Lipinski definition) is 5. The van der Waals surface area contributed by atoms with Crippen molar-refractivity contribution in [1.29, 1.82) is 0 Å². The average Bonchev–Trinajstić information content (AvgIpc) is 2.43. The van der Waals surface area contributed by atoms with Crippen molar-refractivity contribution >= 4 is 5.97 Å². The lowest BCUT2D eigenvalue weighted by atomic mass is 9.92. The third-order valence-electron chi connectivity index (χ3n) is 3.59. The Morgan fingerprint density at radius 1 is 1.15 bits per heavy atom. The van der Waals surface area contributed by atoms with Gasteiger partial charge in [-0.3, -0.25) is 4.79 Å². The van der Waals surface area contributed by atoms with E-state index < -0.39 is 11.5 Å². The maximum atomic E-state index is 11.1. The summed E-state index contributed by atoms with van der Waals surface area (Å²) >= 11 is 0. The van der Waals surface area contributed by atoms with Gasteiger partial charge in [0.2, 0.25) is 0 Å². The summed E-state index contributed by atoms with van der Waals surface area (Å²) in [6, 6.07) is 0. The molecule has 0 aromatic heterocycles. The van der Waals surface area contributed by atoms with Crippen molar-refractivity contribution in [2.24, 2.45) is 5.73 Å². The van der Waals surface area contributed by atoms with Gasteiger partial charge in [-0.1, -0.05) is 6.92 Å². The van der Waals surface area contributed by atoms with Crippen LogP contribution >= 0.6 is 0 Å². The van der Waals surface area contributed by atoms with Crippen LogP contribution in [0.1, 0.15) is 32.6 Å². The summed E-state index contributed by atoms with van der Waals surface area (Å²) in [5, 5.41) is 9.14. The molecule has 0 radical (unpaired) electrons. The van der Waals surface area contributed by atoms with E-state index in [0.717, 1.165) is 39.1 Å². The van der Waals surface area contributed by atoms with Crippen molar-refractivity contribution in [2.45, 2.75) is 38.1 Å². The van der Waals surface area contributed by atoms with Gasteiger partial charge in [-0.25, -0.2) is 0 Å². The molecule has 0 heterocycles. The minimum Gasteiger partial charge on any atom is -0.480 e. The number of ether oxygens (including phenoxy) is 2. The molecule has 0 aliphatic heterocycles. The van der Waals surface area contributed by atoms with Crippen LogP contribution in [0.2, 0.25) is 0 Å². The van der Waals surface area contributed by atoms with E-state index in [2.05, 4.69) is 4.90 Å². The number of aliphatic carboxylic acids is 1. The highest BCUT2D eigenvalue weighted by Gasteiger charge is 2.31. The van der Waals surface area contributed by atoms with E-state index in [-0.39, 0.29) is 0 Å². The smallest absolute Gasteiger partial charge is 0.323 e. The van der Waals surface area contributed by atoms with Crippen LogP contribution < -0.4 is 5.73 Å². The summed E-state index contributed by atoms with van der Waals surface area (Å²) in [7, 11) is 3.37. The minimum atomic E-state index is -1.10. The number of rotatable bonds is 13. The van der Waals surface area contributed by atoms with Gasteiger partial charge in [-0.15, -0.1) is 0 Å². The predicted octanol–water partition coefficient (Wildman–Crippen LogP) is 0.944. The van der Waals surface area contributed by atoms with E-state index in [1.165, 1.54) is 0 Å². The molecule has 0 saturated heterocycles. The Kier molecular flexibility index (Phi) is 10.6. The molecular weight excluding hydrogens is 260 g/mol. The summed E-state index contributed by atoms with van der Waals surface area (Å²) in [4.78, 5) is 13.4. The number of hydrogen-bond donors (Lipinski definition) is 2. The fraction of sp³-hybridized carbons (Fsp3) is 0.929. The lowest BCUT2D eigenvalue weighted by Gasteiger charge is -2.26. The minimum absolute atomic E-state index is 0.448. The Bertz CT molecular complexity index is 264. The second kappa shape index (κ2) is 11.0. The number of methoxy groups -OCH3 is 2. The number of carboxylic acids is 1. The quantitative estimate of drug-likeness (QED) is 0.491. The first-order valence-corrected chi connectivity index (χ1v) is 7.22. The van der Waals surface area contributed by atoms with E-state index in [1.807, 2.05) is 6.92 Å². The molecule has 6 nitrogen and oxygen atoms in total. The number of nitrogens with zero attached hydrogens (tertiary/aromatic N) is 1. The number of carboxylic acid groups (broad SMARTS) is 1. The maximum absolute atomic E-state index is 11.1. The molecule has 6 heteroatoms. The summed E-state index contributed by atoms with van der Waals surface area (Å²) in [5.74, 6) is -0.914. The normalized spacial score (nSPS) is 14.4. The van der Waals surface area contributed by atoms with Crippen molar-refractivity contribution in [1.82, 2.24) is 4.90 Å². The third kappa shape index (κ3) is 7.79. The highest BCUT2D eigenvalue weighted by Crippen LogP contribution is 2.15. The van der Waals surface area contributed by atoms with Gasteiger partial charge < -0.3 is 25.2 Å². The molecule has 0 aromatic carbocycles. The van der Waals surface area contributed by atoms with Gasteiger partial charge in [0.1, 0.15) is 5.54 Å². The van der Waals surface area contributed by atoms with E-state index >= 15 is 0 Å². The van der Waals surface area contributed by atoms with Gasteiger partial charge >= 0.3 is 5.97 Å². The molecule has 0 aromatic rings. The molecule has 0 aliphatic carbocycles. The molecule has 0 amide bonds. The van der Waals surface area contributed by atoms with Crippen LogP contribution in [-0.4, -0.2) is 68.6 Å². The number of nitrogens with two attached hydrogens (primary N) is 1. The highest BCUT2D eigenvalue weighted by molar-refractivity contribution is 5.78. The number of carbonyl (C=O) groups is 1. The average molecular weight is 290 g/mol. The van der Waals surface area contributed by atoms with Gasteiger partial charge in [0.05, 0.1) is 6.61 Å². The van der Waals surface area contributed by atoms with E-state index in [4.69, 9.17) is 20.3 Å². The molecule has 0 rings (SSSR count). The first-order valence-electron chi connectivity index (χ1n) is 7.22. The van der Waals surface area contributed by atoms with E-state index in [0.29, 0.717) is 19.4 Å². The Hall–Kier alpha value is -0.690. The summed E-state index contributed by atoms with van der Waals surface area (Å²) < 4.78 is 10.1. The second-order valence-electron chi connectivity index (χ2n) is 5.10. The molecule has 0 saturated carbocycles. The summed E-state index contributed by atoms with van der Waals surface area (Å²) in [5.41, 5.74) is 4.79. The van der Waals surface area contributed by atoms with Crippen molar-refractivity contribution < 1.29 is 19.4 Å². The standard InChI is InChI=1S/C14H30N2O4/c1-4-14(15,13(17)18)7-5-8-16(10-12-20-3)9-6-11-19-2/h4-12,15H2,1-3H3,(H,17,18). The Morgan fingerprint density at radius 3 is 2.25 bits per heavy atom. The van der Waals surface area contributed by atoms with Crippen molar-refractivity contribution in [3.63, 3.8) is 0 Å². The van der Waals surface area contributed by atoms with Crippen LogP contribution in [0.25, 0.3) is 0 Å². The molecular formula is C14H30N2O4. The van der Waals surface area contributed by atoms with E-state index in [9.17, 15) is 4.79 Å². The maximum Gasteiger partial charge on any atom is 0.323 e. The Balaban J connectivity index is 4.13. The molecule has 20 heavy (non-hydrogen) atoms. The molecule has 0 spiro atoms. The van der Waals surface area contributed by atoms with Crippen LogP contribution in [0.3, 0.4) is 0 Å². The van der Waals surface area contributed by atoms with E-state index in [1.54, 1.807) is 14.2 Å². The molecule has 120 valence electrons. The first-order chi connectivity index (χ1) is 9.50. The van der Waals surface area contributed by atoms with Gasteiger partial charge in [-0.2, -0.15) is 0 Å². The monoisotopic (exact) mass is 290 g/mol. The van der Waals surface area contributed by atoms with Crippen molar-refractivity contribution in [3.05, 3.63) is 0 Å². The largest absolute Gasteiger partial charge is 0.480 e. The van der Waals surface area contributed by atoms with Crippen molar-refractivity contribution in [2.75, 3.05) is 47.1 Å². The summed E-state index contributed by atoms with van der Waals surface area (Å²) in [6.07, 6.45) is 2.67. The first kappa shape index (κ1) is 19.3. The fourth-order valence-corrected chi connectivity index (χ4v) is 2.04. The lowest BCUT2D eigenvalue weighted by molar-refractivity contribution is -0.143. The molecule has 0 fully saturated rings. The molecule has 1 unspecified atom stereocenters. The third-order valence-corrected chi connectivity index (χ3v) is 3.59. The lowest BCUT2D eigenvalue weighted by Crippen LogP contribution is -2.47. The summed E-state index contributed by atoms with van der Waals surface area (Å²) in [6.45, 7) is 5.82. The zero-order valence-electron chi connectivity index (χ0n) is 13.1. The van der Waals surface area contributed by atoms with Gasteiger partial charge in [0.25, 0.3) is 0 Å². The van der Waals surface area contributed by atoms with Gasteiger partial charge in [0, 0.05) is 33.9 Å². The Labute approximate surface area is 122 Å². The van der Waals surface area contributed by atoms with Gasteiger partial charge in [-0.05, 0) is 32.2 Å². The fourth-order valence-electron chi connectivity index (χ4n) is 2.04. The van der Waals surface area contributed by atoms with Crippen LogP contribution in [0.15, 0.2) is 0 Å². The topological polar surface area (TPSA) is 85.0 Å². The molecule has 3 N–H and O–H groups in total. The predicted molar refractivity (Wildman–Crippen MR) is 78.9 cm³/mol. The SMILES string of the molecule is CCC(N)(CCCN(CCCOC)CCOC)C(=O)O. The highest BCUT2D eigenvalue weighted by atomic mass is 16.5. The zero-order valence-corrected chi connectivity index (χ0v) is 13.1. The van der Waals surface area contributed by atoms with Crippen LogP contribution in [0.4, 0.5) is 0 Å². The zero-order chi connectivity index (χ0) is 15.4. The van der Waals surface area contributed by atoms with Gasteiger partial charge in [0.15, 0.2) is 0 Å². The van der Waals surface area contributed by atoms with Crippen LogP contribution in [-0.2, 0) is 14.3 Å². The molecule has 0 aliphatic rings.